The van der Waals surface area contributed by atoms with Crippen LogP contribution in [0.4, 0.5) is 5.69 Å². The van der Waals surface area contributed by atoms with E-state index in [1.54, 1.807) is 30.0 Å². The van der Waals surface area contributed by atoms with Gasteiger partial charge in [-0.25, -0.2) is 18.2 Å². The number of hydrogen-bond acceptors (Lipinski definition) is 9. The molecule has 11 nitrogen and oxygen atoms in total. The van der Waals surface area contributed by atoms with Crippen molar-refractivity contribution < 1.29 is 32.3 Å². The number of hydrogen-bond donors (Lipinski definition) is 1. The molecule has 1 aliphatic heterocycles. The molecule has 1 fully saturated rings. The lowest BCUT2D eigenvalue weighted by molar-refractivity contribution is -0.152. The third kappa shape index (κ3) is 5.16. The maximum Gasteiger partial charge on any atom is 0.350 e. The molecule has 0 atom stereocenters. The maximum absolute atomic E-state index is 12.7. The SMILES string of the molecule is COC(=O)c1sccc1NC(=O)COC(=O)C1CCN(S(=O)(=O)c2cn(C)c(C)n2)CC1. The zero-order valence-corrected chi connectivity index (χ0v) is 19.5. The number of aromatic nitrogens is 2. The third-order valence-corrected chi connectivity index (χ3v) is 7.80. The Bertz CT molecular complexity index is 1100. The zero-order chi connectivity index (χ0) is 23.5. The van der Waals surface area contributed by atoms with E-state index in [4.69, 9.17) is 4.74 Å². The number of amides is 1. The van der Waals surface area contributed by atoms with Gasteiger partial charge < -0.3 is 19.4 Å². The second kappa shape index (κ2) is 9.79. The van der Waals surface area contributed by atoms with E-state index in [0.717, 1.165) is 11.3 Å². The van der Waals surface area contributed by atoms with E-state index in [2.05, 4.69) is 15.0 Å². The Labute approximate surface area is 189 Å². The molecule has 3 heterocycles. The van der Waals surface area contributed by atoms with Crippen molar-refractivity contribution in [2.24, 2.45) is 13.0 Å². The number of nitrogens with zero attached hydrogens (tertiary/aromatic N) is 3. The highest BCUT2D eigenvalue weighted by Crippen LogP contribution is 2.25. The predicted molar refractivity (Wildman–Crippen MR) is 115 cm³/mol. The van der Waals surface area contributed by atoms with E-state index in [1.165, 1.54) is 17.6 Å². The monoisotopic (exact) mass is 484 g/mol. The number of nitrogens with one attached hydrogen (secondary N) is 1. The minimum absolute atomic E-state index is 0.0186. The first-order valence-corrected chi connectivity index (χ1v) is 12.1. The van der Waals surface area contributed by atoms with Crippen LogP contribution in [0.15, 0.2) is 22.7 Å². The summed E-state index contributed by atoms with van der Waals surface area (Å²) < 4.78 is 38.2. The van der Waals surface area contributed by atoms with E-state index in [1.807, 2.05) is 0 Å². The number of aryl methyl sites for hydroxylation is 2. The molecule has 3 rings (SSSR count). The molecule has 0 bridgehead atoms. The summed E-state index contributed by atoms with van der Waals surface area (Å²) >= 11 is 1.12. The normalized spacial score (nSPS) is 15.3. The van der Waals surface area contributed by atoms with Crippen molar-refractivity contribution in [3.8, 4) is 0 Å². The number of thiophene rings is 1. The molecule has 0 unspecified atom stereocenters. The van der Waals surface area contributed by atoms with Crippen LogP contribution in [-0.4, -0.2) is 66.9 Å². The van der Waals surface area contributed by atoms with Crippen molar-refractivity contribution in [2.75, 3.05) is 32.1 Å². The van der Waals surface area contributed by atoms with Crippen LogP contribution in [0.3, 0.4) is 0 Å². The van der Waals surface area contributed by atoms with Crippen molar-refractivity contribution in [1.29, 1.82) is 0 Å². The molecule has 0 aliphatic carbocycles. The first-order valence-electron chi connectivity index (χ1n) is 9.76. The molecule has 0 saturated carbocycles. The molecule has 0 spiro atoms. The van der Waals surface area contributed by atoms with Crippen LogP contribution in [0.2, 0.25) is 0 Å². The summed E-state index contributed by atoms with van der Waals surface area (Å²) in [5.74, 6) is -1.65. The fraction of sp³-hybridized carbons (Fsp3) is 0.474. The van der Waals surface area contributed by atoms with Crippen LogP contribution in [-0.2, 0) is 36.1 Å². The minimum Gasteiger partial charge on any atom is -0.465 e. The standard InChI is InChI=1S/C19H24N4O7S2/c1-12-20-16(10-22(12)2)32(27,28)23-7-4-13(5-8-23)18(25)30-11-15(24)21-14-6-9-31-17(14)19(26)29-3/h6,9-10,13H,4-5,7-8,11H2,1-3H3,(H,21,24). The molecule has 2 aromatic heterocycles. The highest BCUT2D eigenvalue weighted by atomic mass is 32.2. The quantitative estimate of drug-likeness (QED) is 0.578. The topological polar surface area (TPSA) is 137 Å². The molecular weight excluding hydrogens is 460 g/mol. The molecule has 1 saturated heterocycles. The van der Waals surface area contributed by atoms with Crippen molar-refractivity contribution in [3.05, 3.63) is 28.3 Å². The van der Waals surface area contributed by atoms with Crippen LogP contribution in [0.25, 0.3) is 0 Å². The molecule has 2 aromatic rings. The molecule has 32 heavy (non-hydrogen) atoms. The first-order chi connectivity index (χ1) is 15.1. The number of imidazole rings is 1. The van der Waals surface area contributed by atoms with Crippen molar-refractivity contribution >= 4 is 44.9 Å². The number of ether oxygens (including phenoxy) is 2. The molecule has 1 amide bonds. The second-order valence-corrected chi connectivity index (χ2v) is 10.0. The number of piperidine rings is 1. The highest BCUT2D eigenvalue weighted by Gasteiger charge is 2.34. The van der Waals surface area contributed by atoms with Gasteiger partial charge in [-0.05, 0) is 31.2 Å². The summed E-state index contributed by atoms with van der Waals surface area (Å²) in [4.78, 5) is 40.4. The van der Waals surface area contributed by atoms with E-state index < -0.39 is 40.4 Å². The largest absolute Gasteiger partial charge is 0.465 e. The van der Waals surface area contributed by atoms with Gasteiger partial charge in [-0.2, -0.15) is 4.31 Å². The van der Waals surface area contributed by atoms with Crippen LogP contribution in [0.5, 0.6) is 0 Å². The number of esters is 2. The Morgan fingerprint density at radius 2 is 1.97 bits per heavy atom. The Hall–Kier alpha value is -2.77. The van der Waals surface area contributed by atoms with Crippen LogP contribution in [0.1, 0.15) is 28.3 Å². The van der Waals surface area contributed by atoms with Crippen LogP contribution in [0, 0.1) is 12.8 Å². The Balaban J connectivity index is 1.49. The van der Waals surface area contributed by atoms with E-state index >= 15 is 0 Å². The number of carbonyl (C=O) groups is 3. The van der Waals surface area contributed by atoms with Gasteiger partial charge in [-0.15, -0.1) is 11.3 Å². The number of methoxy groups -OCH3 is 1. The fourth-order valence-corrected chi connectivity index (χ4v) is 5.47. The smallest absolute Gasteiger partial charge is 0.350 e. The Kier molecular flexibility index (Phi) is 7.31. The molecule has 1 aliphatic rings. The first kappa shape index (κ1) is 23.9. The van der Waals surface area contributed by atoms with Gasteiger partial charge in [0.2, 0.25) is 0 Å². The molecular formula is C19H24N4O7S2. The van der Waals surface area contributed by atoms with Gasteiger partial charge in [0.05, 0.1) is 18.7 Å². The summed E-state index contributed by atoms with van der Waals surface area (Å²) in [6.07, 6.45) is 2.02. The van der Waals surface area contributed by atoms with Gasteiger partial charge in [0.1, 0.15) is 10.7 Å². The second-order valence-electron chi connectivity index (χ2n) is 7.23. The van der Waals surface area contributed by atoms with E-state index in [9.17, 15) is 22.8 Å². The average molecular weight is 485 g/mol. The summed E-state index contributed by atoms with van der Waals surface area (Å²) in [6, 6.07) is 1.55. The van der Waals surface area contributed by atoms with Gasteiger partial charge in [0.15, 0.2) is 11.6 Å². The summed E-state index contributed by atoms with van der Waals surface area (Å²) in [5, 5.41) is 4.12. The van der Waals surface area contributed by atoms with E-state index in [0.29, 0.717) is 5.82 Å². The number of rotatable bonds is 7. The lowest BCUT2D eigenvalue weighted by Gasteiger charge is -2.29. The maximum atomic E-state index is 12.7. The predicted octanol–water partition coefficient (Wildman–Crippen LogP) is 1.16. The fourth-order valence-electron chi connectivity index (χ4n) is 3.21. The van der Waals surface area contributed by atoms with Gasteiger partial charge in [-0.1, -0.05) is 0 Å². The molecule has 13 heteroatoms. The lowest BCUT2D eigenvalue weighted by Crippen LogP contribution is -2.41. The summed E-state index contributed by atoms with van der Waals surface area (Å²) in [7, 11) is -0.777. The van der Waals surface area contributed by atoms with Gasteiger partial charge >= 0.3 is 11.9 Å². The minimum atomic E-state index is -3.73. The Morgan fingerprint density at radius 1 is 1.28 bits per heavy atom. The summed E-state index contributed by atoms with van der Waals surface area (Å²) in [6.45, 7) is 1.51. The van der Waals surface area contributed by atoms with Crippen molar-refractivity contribution in [1.82, 2.24) is 13.9 Å². The zero-order valence-electron chi connectivity index (χ0n) is 17.9. The average Bonchev–Trinajstić information content (AvgIpc) is 3.38. The van der Waals surface area contributed by atoms with Crippen LogP contribution < -0.4 is 5.32 Å². The number of anilines is 1. The van der Waals surface area contributed by atoms with Crippen molar-refractivity contribution in [3.63, 3.8) is 0 Å². The van der Waals surface area contributed by atoms with Crippen molar-refractivity contribution in [2.45, 2.75) is 24.8 Å². The number of sulfonamides is 1. The molecule has 174 valence electrons. The van der Waals surface area contributed by atoms with Crippen LogP contribution >= 0.6 is 11.3 Å². The van der Waals surface area contributed by atoms with Gasteiger partial charge in [0, 0.05) is 26.3 Å². The van der Waals surface area contributed by atoms with Gasteiger partial charge in [0.25, 0.3) is 15.9 Å². The molecule has 0 radical (unpaired) electrons. The molecule has 1 N–H and O–H groups in total. The van der Waals surface area contributed by atoms with Gasteiger partial charge in [-0.3, -0.25) is 9.59 Å². The number of carbonyl (C=O) groups excluding carboxylic acids is 3. The van der Waals surface area contributed by atoms with E-state index in [-0.39, 0.29) is 41.5 Å². The third-order valence-electron chi connectivity index (χ3n) is 5.13. The highest BCUT2D eigenvalue weighted by molar-refractivity contribution is 7.89. The summed E-state index contributed by atoms with van der Waals surface area (Å²) in [5.41, 5.74) is 0.283. The molecule has 0 aromatic carbocycles. The Morgan fingerprint density at radius 3 is 2.56 bits per heavy atom. The lowest BCUT2D eigenvalue weighted by atomic mass is 9.98.